The van der Waals surface area contributed by atoms with Gasteiger partial charge in [0.25, 0.3) is 0 Å². The summed E-state index contributed by atoms with van der Waals surface area (Å²) in [5.41, 5.74) is 2.88. The van der Waals surface area contributed by atoms with Crippen LogP contribution in [0.5, 0.6) is 5.88 Å². The third-order valence-electron chi connectivity index (χ3n) is 4.49. The Kier molecular flexibility index (Phi) is 6.24. The van der Waals surface area contributed by atoms with Gasteiger partial charge in [0.05, 0.1) is 0 Å². The molecule has 0 spiro atoms. The van der Waals surface area contributed by atoms with E-state index in [1.54, 1.807) is 24.3 Å². The van der Waals surface area contributed by atoms with E-state index in [-0.39, 0.29) is 19.0 Å². The molecule has 0 fully saturated rings. The van der Waals surface area contributed by atoms with Crippen LogP contribution in [0.25, 0.3) is 23.1 Å². The molecule has 1 N–H and O–H groups in total. The minimum atomic E-state index is -3.61. The van der Waals surface area contributed by atoms with E-state index in [4.69, 9.17) is 4.74 Å². The molecule has 0 radical (unpaired) electrons. The zero-order valence-electron chi connectivity index (χ0n) is 17.1. The molecule has 4 rings (SSSR count). The van der Waals surface area contributed by atoms with Gasteiger partial charge in [0.1, 0.15) is 12.4 Å². The number of rotatable bonds is 8. The molecule has 8 nitrogen and oxygen atoms in total. The fraction of sp³-hybridized carbons (Fsp3) is 0.136. The van der Waals surface area contributed by atoms with E-state index in [2.05, 4.69) is 20.0 Å². The van der Waals surface area contributed by atoms with Crippen LogP contribution in [0.4, 0.5) is 4.39 Å². The van der Waals surface area contributed by atoms with E-state index < -0.39 is 15.8 Å². The molecule has 32 heavy (non-hydrogen) atoms. The second kappa shape index (κ2) is 9.25. The quantitative estimate of drug-likeness (QED) is 0.412. The van der Waals surface area contributed by atoms with Gasteiger partial charge in [0.2, 0.25) is 15.9 Å². The summed E-state index contributed by atoms with van der Waals surface area (Å²) in [7, 11) is -3.61. The summed E-state index contributed by atoms with van der Waals surface area (Å²) in [4.78, 5) is 0. The van der Waals surface area contributed by atoms with E-state index in [1.807, 2.05) is 31.2 Å². The van der Waals surface area contributed by atoms with Crippen LogP contribution in [0.15, 0.2) is 66.1 Å². The molecule has 0 atom stereocenters. The molecule has 0 aliphatic carbocycles. The zero-order valence-corrected chi connectivity index (χ0v) is 18.0. The highest BCUT2D eigenvalue weighted by Crippen LogP contribution is 2.19. The van der Waals surface area contributed by atoms with Gasteiger partial charge in [-0.15, -0.1) is 15.3 Å². The first-order chi connectivity index (χ1) is 15.4. The molecular formula is C22H20FN5O3S. The minimum Gasteiger partial charge on any atom is -0.475 e. The smallest absolute Gasteiger partial charge is 0.233 e. The summed E-state index contributed by atoms with van der Waals surface area (Å²) in [5.74, 6) is 0.228. The first kappa shape index (κ1) is 21.6. The molecular weight excluding hydrogens is 433 g/mol. The van der Waals surface area contributed by atoms with Gasteiger partial charge in [-0.05, 0) is 36.8 Å². The fourth-order valence-corrected chi connectivity index (χ4v) is 3.69. The summed E-state index contributed by atoms with van der Waals surface area (Å²) in [6.45, 7) is 2.08. The molecule has 0 unspecified atom stereocenters. The van der Waals surface area contributed by atoms with Crippen molar-refractivity contribution < 1.29 is 17.5 Å². The number of aromatic nitrogens is 4. The lowest BCUT2D eigenvalue weighted by molar-refractivity contribution is 0.306. The molecule has 0 amide bonds. The van der Waals surface area contributed by atoms with Gasteiger partial charge >= 0.3 is 0 Å². The number of benzene rings is 2. The largest absolute Gasteiger partial charge is 0.475 e. The van der Waals surface area contributed by atoms with Crippen molar-refractivity contribution in [2.45, 2.75) is 6.92 Å². The third kappa shape index (κ3) is 5.34. The predicted molar refractivity (Wildman–Crippen MR) is 119 cm³/mol. The van der Waals surface area contributed by atoms with E-state index >= 15 is 0 Å². The normalized spacial score (nSPS) is 11.9. The van der Waals surface area contributed by atoms with Gasteiger partial charge in [0, 0.05) is 23.6 Å². The molecule has 0 saturated carbocycles. The van der Waals surface area contributed by atoms with Crippen LogP contribution in [0, 0.1) is 12.7 Å². The van der Waals surface area contributed by atoms with Crippen LogP contribution in [0.3, 0.4) is 0 Å². The third-order valence-corrected chi connectivity index (χ3v) is 5.59. The Morgan fingerprint density at radius 2 is 1.91 bits per heavy atom. The lowest BCUT2D eigenvalue weighted by Crippen LogP contribution is -2.26. The van der Waals surface area contributed by atoms with Crippen LogP contribution >= 0.6 is 0 Å². The predicted octanol–water partition coefficient (Wildman–Crippen LogP) is 3.21. The summed E-state index contributed by atoms with van der Waals surface area (Å²) in [6.07, 6.45) is 1.53. The highest BCUT2D eigenvalue weighted by atomic mass is 32.2. The van der Waals surface area contributed by atoms with Crippen LogP contribution in [0.2, 0.25) is 0 Å². The summed E-state index contributed by atoms with van der Waals surface area (Å²) in [6, 6.07) is 16.7. The van der Waals surface area contributed by atoms with E-state index in [9.17, 15) is 12.8 Å². The maximum atomic E-state index is 13.5. The molecule has 164 valence electrons. The van der Waals surface area contributed by atoms with Gasteiger partial charge in [-0.25, -0.2) is 17.5 Å². The highest BCUT2D eigenvalue weighted by molar-refractivity contribution is 7.92. The number of hydrogen-bond acceptors (Lipinski definition) is 6. The van der Waals surface area contributed by atoms with E-state index in [1.165, 1.54) is 22.7 Å². The Morgan fingerprint density at radius 1 is 1.09 bits per heavy atom. The van der Waals surface area contributed by atoms with Crippen LogP contribution in [0.1, 0.15) is 11.1 Å². The molecule has 2 aromatic heterocycles. The number of halogens is 1. The van der Waals surface area contributed by atoms with Crippen LogP contribution in [-0.2, 0) is 10.0 Å². The topological polar surface area (TPSA) is 98.5 Å². The van der Waals surface area contributed by atoms with Crippen molar-refractivity contribution in [2.75, 3.05) is 13.2 Å². The lowest BCUT2D eigenvalue weighted by atomic mass is 10.2. The minimum absolute atomic E-state index is 0.0548. The SMILES string of the molecule is Cc1ccc(/C=C/S(=O)(=O)NCCOc2ccc3nnc(-c4cccc(F)c4)n3n2)cc1. The summed E-state index contributed by atoms with van der Waals surface area (Å²) < 4.78 is 47.3. The Hall–Kier alpha value is -3.63. The monoisotopic (exact) mass is 453 g/mol. The average Bonchev–Trinajstić information content (AvgIpc) is 3.20. The fourth-order valence-electron chi connectivity index (χ4n) is 2.89. The van der Waals surface area contributed by atoms with Gasteiger partial charge in [-0.1, -0.05) is 42.0 Å². The maximum Gasteiger partial charge on any atom is 0.233 e. The summed E-state index contributed by atoms with van der Waals surface area (Å²) >= 11 is 0. The Bertz CT molecular complexity index is 1370. The van der Waals surface area contributed by atoms with Crippen molar-refractivity contribution in [3.8, 4) is 17.3 Å². The Labute approximate surface area is 184 Å². The van der Waals surface area contributed by atoms with Crippen molar-refractivity contribution in [1.82, 2.24) is 24.5 Å². The Morgan fingerprint density at radius 3 is 2.69 bits per heavy atom. The Balaban J connectivity index is 1.37. The number of nitrogens with one attached hydrogen (secondary N) is 1. The first-order valence-corrected chi connectivity index (χ1v) is 11.3. The number of nitrogens with zero attached hydrogens (tertiary/aromatic N) is 4. The molecule has 2 aromatic carbocycles. The van der Waals surface area contributed by atoms with Gasteiger partial charge in [-0.3, -0.25) is 0 Å². The van der Waals surface area contributed by atoms with Crippen molar-refractivity contribution >= 4 is 21.7 Å². The second-order valence-corrected chi connectivity index (χ2v) is 8.63. The van der Waals surface area contributed by atoms with Crippen LogP contribution in [-0.4, -0.2) is 41.4 Å². The zero-order chi connectivity index (χ0) is 22.6. The van der Waals surface area contributed by atoms with Crippen molar-refractivity contribution in [3.63, 3.8) is 0 Å². The van der Waals surface area contributed by atoms with E-state index in [0.717, 1.165) is 16.5 Å². The molecule has 0 aliphatic heterocycles. The number of sulfonamides is 1. The number of aryl methyl sites for hydroxylation is 1. The van der Waals surface area contributed by atoms with Gasteiger partial charge in [-0.2, -0.15) is 4.52 Å². The molecule has 0 aliphatic rings. The maximum absolute atomic E-state index is 13.5. The molecule has 0 bridgehead atoms. The molecule has 10 heteroatoms. The van der Waals surface area contributed by atoms with Crippen molar-refractivity contribution in [3.05, 3.63) is 83.0 Å². The van der Waals surface area contributed by atoms with E-state index in [0.29, 0.717) is 17.0 Å². The first-order valence-electron chi connectivity index (χ1n) is 9.75. The number of ether oxygens (including phenoxy) is 1. The van der Waals surface area contributed by atoms with Crippen LogP contribution < -0.4 is 9.46 Å². The number of hydrogen-bond donors (Lipinski definition) is 1. The highest BCUT2D eigenvalue weighted by Gasteiger charge is 2.11. The number of fused-ring (bicyclic) bond motifs is 1. The van der Waals surface area contributed by atoms with Crippen molar-refractivity contribution in [1.29, 1.82) is 0 Å². The second-order valence-electron chi connectivity index (χ2n) is 6.98. The lowest BCUT2D eigenvalue weighted by Gasteiger charge is -2.07. The standard InChI is InChI=1S/C22H20FN5O3S/c1-16-5-7-17(8-6-16)11-14-32(29,30)24-12-13-31-21-10-9-20-25-26-22(28(20)27-21)18-3-2-4-19(23)15-18/h2-11,14-15,24H,12-13H2,1H3/b14-11+. The summed E-state index contributed by atoms with van der Waals surface area (Å²) in [5, 5.41) is 13.5. The molecule has 0 saturated heterocycles. The molecule has 4 aromatic rings. The van der Waals surface area contributed by atoms with Gasteiger partial charge < -0.3 is 4.74 Å². The van der Waals surface area contributed by atoms with Gasteiger partial charge in [0.15, 0.2) is 11.5 Å². The van der Waals surface area contributed by atoms with Crippen molar-refractivity contribution in [2.24, 2.45) is 0 Å². The molecule has 2 heterocycles. The average molecular weight is 453 g/mol.